The summed E-state index contributed by atoms with van der Waals surface area (Å²) in [6, 6.07) is 0. The molecule has 268 valence electrons. The molecular formula is C44H87N. The summed E-state index contributed by atoms with van der Waals surface area (Å²) in [6.45, 7) is 4.61. The highest BCUT2D eigenvalue weighted by Crippen LogP contribution is 2.16. The fourth-order valence-corrected chi connectivity index (χ4v) is 6.69. The van der Waals surface area contributed by atoms with E-state index in [1.54, 1.807) is 0 Å². The summed E-state index contributed by atoms with van der Waals surface area (Å²) < 4.78 is 0. The minimum absolute atomic E-state index is 1.22. The van der Waals surface area contributed by atoms with E-state index in [9.17, 15) is 0 Å². The third-order valence-corrected chi connectivity index (χ3v) is 9.88. The number of unbranched alkanes of at least 4 members (excludes halogenated alkanes) is 36. The maximum absolute atomic E-state index is 3.34. The summed E-state index contributed by atoms with van der Waals surface area (Å²) in [7, 11) is 0. The Labute approximate surface area is 287 Å². The van der Waals surface area contributed by atoms with Gasteiger partial charge in [0.2, 0.25) is 0 Å². The van der Waals surface area contributed by atoms with Crippen LogP contribution in [0.4, 0.5) is 0 Å². The van der Waals surface area contributed by atoms with Crippen molar-refractivity contribution < 1.29 is 0 Å². The molecule has 0 unspecified atom stereocenters. The van der Waals surface area contributed by atoms with E-state index >= 15 is 0 Å². The van der Waals surface area contributed by atoms with Crippen LogP contribution in [0.25, 0.3) is 0 Å². The molecule has 1 nitrogen and oxygen atoms in total. The van der Waals surface area contributed by atoms with Crippen molar-refractivity contribution >= 4 is 0 Å². The van der Waals surface area contributed by atoms with Gasteiger partial charge in [-0.2, -0.15) is 0 Å². The van der Waals surface area contributed by atoms with Gasteiger partial charge in [-0.3, -0.25) is 0 Å². The second-order valence-corrected chi connectivity index (χ2v) is 14.6. The van der Waals surface area contributed by atoms with E-state index in [0.717, 1.165) is 0 Å². The number of nitrogens with one attached hydrogen (secondary N) is 1. The SMILES string of the molecule is CCCCCCCCCCCCCCCCCCCC/C=C/N/C=C/CCCCCCCCCCCCCCCCCCCC. The van der Waals surface area contributed by atoms with Crippen molar-refractivity contribution in [2.24, 2.45) is 0 Å². The van der Waals surface area contributed by atoms with E-state index in [1.807, 2.05) is 0 Å². The summed E-state index contributed by atoms with van der Waals surface area (Å²) in [4.78, 5) is 0. The number of hydrogen-bond donors (Lipinski definition) is 1. The molecule has 0 aromatic carbocycles. The number of allylic oxidation sites excluding steroid dienone is 2. The Hall–Kier alpha value is -0.720. The molecule has 0 aromatic rings. The van der Waals surface area contributed by atoms with Gasteiger partial charge in [0.15, 0.2) is 0 Å². The van der Waals surface area contributed by atoms with Gasteiger partial charge < -0.3 is 5.32 Å². The predicted octanol–water partition coefficient (Wildman–Crippen LogP) is 16.5. The molecule has 0 saturated carbocycles. The molecule has 0 saturated heterocycles. The lowest BCUT2D eigenvalue weighted by Crippen LogP contribution is -1.91. The summed E-state index contributed by atoms with van der Waals surface area (Å²) in [5.41, 5.74) is 0. The molecule has 0 amide bonds. The zero-order valence-corrected chi connectivity index (χ0v) is 31.7. The molecule has 0 aliphatic heterocycles. The van der Waals surface area contributed by atoms with Crippen LogP contribution in [0.3, 0.4) is 0 Å². The second kappa shape index (κ2) is 43.3. The molecule has 0 heterocycles. The average Bonchev–Trinajstić information content (AvgIpc) is 3.05. The molecule has 45 heavy (non-hydrogen) atoms. The van der Waals surface area contributed by atoms with Crippen LogP contribution in [0, 0.1) is 0 Å². The summed E-state index contributed by atoms with van der Waals surface area (Å²) in [6.07, 6.45) is 63.5. The van der Waals surface area contributed by atoms with E-state index in [0.29, 0.717) is 0 Å². The fourth-order valence-electron chi connectivity index (χ4n) is 6.69. The summed E-state index contributed by atoms with van der Waals surface area (Å²) in [5, 5.41) is 3.34. The van der Waals surface area contributed by atoms with Crippen molar-refractivity contribution in [1.29, 1.82) is 0 Å². The molecule has 0 bridgehead atoms. The van der Waals surface area contributed by atoms with Gasteiger partial charge in [0.25, 0.3) is 0 Å². The normalized spacial score (nSPS) is 11.9. The van der Waals surface area contributed by atoms with Gasteiger partial charge >= 0.3 is 0 Å². The van der Waals surface area contributed by atoms with Gasteiger partial charge in [0.05, 0.1) is 0 Å². The molecule has 0 aromatic heterocycles. The van der Waals surface area contributed by atoms with E-state index in [4.69, 9.17) is 0 Å². The van der Waals surface area contributed by atoms with Crippen LogP contribution in [0.1, 0.15) is 258 Å². The van der Waals surface area contributed by atoms with Crippen molar-refractivity contribution in [1.82, 2.24) is 5.32 Å². The first-order valence-corrected chi connectivity index (χ1v) is 21.5. The van der Waals surface area contributed by atoms with Gasteiger partial charge in [-0.1, -0.05) is 244 Å². The first-order valence-electron chi connectivity index (χ1n) is 21.5. The Bertz CT molecular complexity index is 501. The lowest BCUT2D eigenvalue weighted by atomic mass is 10.0. The topological polar surface area (TPSA) is 12.0 Å². The van der Waals surface area contributed by atoms with Crippen LogP contribution in [0.15, 0.2) is 24.6 Å². The minimum atomic E-state index is 1.22. The maximum Gasteiger partial charge on any atom is -0.00358 e. The molecule has 0 rings (SSSR count). The largest absolute Gasteiger partial charge is 0.368 e. The van der Waals surface area contributed by atoms with E-state index in [-0.39, 0.29) is 0 Å². The first kappa shape index (κ1) is 44.3. The monoisotopic (exact) mass is 630 g/mol. The van der Waals surface area contributed by atoms with Crippen LogP contribution in [-0.2, 0) is 0 Å². The highest BCUT2D eigenvalue weighted by atomic mass is 14.8. The molecule has 1 N–H and O–H groups in total. The third kappa shape index (κ3) is 43.3. The molecule has 0 aliphatic carbocycles. The number of rotatable bonds is 40. The van der Waals surface area contributed by atoms with Crippen molar-refractivity contribution in [3.63, 3.8) is 0 Å². The maximum atomic E-state index is 3.34. The van der Waals surface area contributed by atoms with Gasteiger partial charge in [0.1, 0.15) is 0 Å². The summed E-state index contributed by atoms with van der Waals surface area (Å²) in [5.74, 6) is 0. The highest BCUT2D eigenvalue weighted by Gasteiger charge is 1.96. The second-order valence-electron chi connectivity index (χ2n) is 14.6. The smallest absolute Gasteiger partial charge is 0.00358 e. The average molecular weight is 630 g/mol. The Morgan fingerprint density at radius 2 is 0.422 bits per heavy atom. The van der Waals surface area contributed by atoms with Gasteiger partial charge in [0, 0.05) is 0 Å². The quantitative estimate of drug-likeness (QED) is 0.0665. The molecule has 0 radical (unpaired) electrons. The molecule has 0 atom stereocenters. The Balaban J connectivity index is 3.14. The summed E-state index contributed by atoms with van der Waals surface area (Å²) >= 11 is 0. The van der Waals surface area contributed by atoms with Crippen molar-refractivity contribution in [3.05, 3.63) is 24.6 Å². The van der Waals surface area contributed by atoms with E-state index in [1.165, 1.54) is 244 Å². The fraction of sp³-hybridized carbons (Fsp3) is 0.909. The van der Waals surface area contributed by atoms with E-state index in [2.05, 4.69) is 43.7 Å². The van der Waals surface area contributed by atoms with Crippen LogP contribution in [0.5, 0.6) is 0 Å². The van der Waals surface area contributed by atoms with Gasteiger partial charge in [-0.05, 0) is 38.1 Å². The molecule has 0 aliphatic rings. The molecule has 0 fully saturated rings. The Morgan fingerprint density at radius 1 is 0.244 bits per heavy atom. The zero-order valence-electron chi connectivity index (χ0n) is 31.7. The van der Waals surface area contributed by atoms with Crippen LogP contribution >= 0.6 is 0 Å². The van der Waals surface area contributed by atoms with Crippen LogP contribution in [-0.4, -0.2) is 0 Å². The van der Waals surface area contributed by atoms with E-state index < -0.39 is 0 Å². The van der Waals surface area contributed by atoms with Crippen LogP contribution in [0.2, 0.25) is 0 Å². The number of hydrogen-bond acceptors (Lipinski definition) is 1. The third-order valence-electron chi connectivity index (χ3n) is 9.88. The molecule has 0 spiro atoms. The predicted molar refractivity (Wildman–Crippen MR) is 208 cm³/mol. The van der Waals surface area contributed by atoms with Crippen molar-refractivity contribution in [3.8, 4) is 0 Å². The van der Waals surface area contributed by atoms with Crippen molar-refractivity contribution in [2.45, 2.75) is 258 Å². The lowest BCUT2D eigenvalue weighted by molar-refractivity contribution is 0.525. The minimum Gasteiger partial charge on any atom is -0.368 e. The Morgan fingerprint density at radius 3 is 0.622 bits per heavy atom. The highest BCUT2D eigenvalue weighted by molar-refractivity contribution is 4.88. The van der Waals surface area contributed by atoms with Gasteiger partial charge in [-0.15, -0.1) is 0 Å². The molecular weight excluding hydrogens is 542 g/mol. The zero-order chi connectivity index (χ0) is 32.4. The molecule has 1 heteroatoms. The standard InChI is InChI=1S/C44H87N/c1-3-5-7-9-11-13-15-17-19-21-23-25-27-29-31-33-35-37-39-41-43-45-44-42-40-38-36-34-32-30-28-26-24-22-20-18-16-14-12-10-8-6-4-2/h41-45H,3-40H2,1-2H3/b43-41+,44-42+. The Kier molecular flexibility index (Phi) is 42.6. The first-order chi connectivity index (χ1) is 22.4. The van der Waals surface area contributed by atoms with Crippen LogP contribution < -0.4 is 5.32 Å². The lowest BCUT2D eigenvalue weighted by Gasteiger charge is -2.03. The van der Waals surface area contributed by atoms with Crippen molar-refractivity contribution in [2.75, 3.05) is 0 Å². The van der Waals surface area contributed by atoms with Gasteiger partial charge in [-0.25, -0.2) is 0 Å².